The van der Waals surface area contributed by atoms with E-state index in [1.807, 2.05) is 41.9 Å². The van der Waals surface area contributed by atoms with Crippen molar-refractivity contribution in [1.29, 1.82) is 0 Å². The summed E-state index contributed by atoms with van der Waals surface area (Å²) in [4.78, 5) is 27.1. The molecular weight excluding hydrogens is 478 g/mol. The van der Waals surface area contributed by atoms with Gasteiger partial charge in [-0.15, -0.1) is 0 Å². The summed E-state index contributed by atoms with van der Waals surface area (Å²) in [5.74, 6) is 0.786. The van der Waals surface area contributed by atoms with E-state index in [0.717, 1.165) is 29.8 Å². The zero-order valence-electron chi connectivity index (χ0n) is 19.9. The molecule has 1 aliphatic rings. The van der Waals surface area contributed by atoms with Gasteiger partial charge in [0.25, 0.3) is 0 Å². The van der Waals surface area contributed by atoms with Crippen LogP contribution >= 0.6 is 11.6 Å². The summed E-state index contributed by atoms with van der Waals surface area (Å²) in [6.07, 6.45) is 4.49. The number of anilines is 1. The Morgan fingerprint density at radius 2 is 2.17 bits per heavy atom. The number of aromatic nitrogens is 5. The second-order valence-corrected chi connectivity index (χ2v) is 9.15. The number of fused-ring (bicyclic) bond motifs is 1. The molecule has 9 nitrogen and oxygen atoms in total. The highest BCUT2D eigenvalue weighted by atomic mass is 35.5. The molecule has 0 aliphatic carbocycles. The van der Waals surface area contributed by atoms with Gasteiger partial charge in [-0.2, -0.15) is 5.10 Å². The number of nitrogen functional groups attached to an aromatic ring is 1. The van der Waals surface area contributed by atoms with Crippen LogP contribution in [0.2, 0.25) is 5.02 Å². The van der Waals surface area contributed by atoms with Crippen molar-refractivity contribution >= 4 is 34.4 Å². The molecule has 10 heteroatoms. The van der Waals surface area contributed by atoms with Gasteiger partial charge in [-0.25, -0.2) is 14.6 Å². The number of nitrogens with zero attached hydrogens (tertiary/aromatic N) is 6. The van der Waals surface area contributed by atoms with E-state index in [1.165, 1.54) is 12.4 Å². The van der Waals surface area contributed by atoms with Crippen LogP contribution in [0.3, 0.4) is 0 Å². The normalized spacial score (nSPS) is 15.7. The number of piperidine rings is 1. The highest BCUT2D eigenvalue weighted by molar-refractivity contribution is 6.32. The van der Waals surface area contributed by atoms with Crippen molar-refractivity contribution in [3.63, 3.8) is 0 Å². The molecule has 184 valence electrons. The number of ether oxygens (including phenoxy) is 1. The molecule has 0 saturated carbocycles. The molecule has 1 atom stereocenters. The van der Waals surface area contributed by atoms with Crippen molar-refractivity contribution in [2.75, 3.05) is 18.8 Å². The van der Waals surface area contributed by atoms with Gasteiger partial charge < -0.3 is 15.4 Å². The largest absolute Gasteiger partial charge is 0.486 e. The molecule has 1 aliphatic heterocycles. The molecule has 0 radical (unpaired) electrons. The van der Waals surface area contributed by atoms with Crippen LogP contribution in [0.25, 0.3) is 22.3 Å². The number of nitrogens with two attached hydrogens (primary N) is 1. The third kappa shape index (κ3) is 4.61. The number of hydrogen-bond acceptors (Lipinski definition) is 7. The molecule has 0 unspecified atom stereocenters. The molecule has 1 saturated heterocycles. The number of halogens is 1. The molecule has 4 aromatic rings. The Balaban J connectivity index is 1.47. The van der Waals surface area contributed by atoms with Crippen molar-refractivity contribution in [1.82, 2.24) is 29.6 Å². The maximum Gasteiger partial charge on any atom is 0.246 e. The van der Waals surface area contributed by atoms with Crippen LogP contribution in [0, 0.1) is 6.92 Å². The van der Waals surface area contributed by atoms with E-state index in [-0.39, 0.29) is 11.9 Å². The zero-order valence-corrected chi connectivity index (χ0v) is 20.6. The van der Waals surface area contributed by atoms with Crippen molar-refractivity contribution in [2.24, 2.45) is 0 Å². The Kier molecular flexibility index (Phi) is 6.56. The Bertz CT molecular complexity index is 1450. The summed E-state index contributed by atoms with van der Waals surface area (Å²) in [5.41, 5.74) is 10.0. The van der Waals surface area contributed by atoms with Gasteiger partial charge in [-0.1, -0.05) is 24.2 Å². The molecule has 36 heavy (non-hydrogen) atoms. The van der Waals surface area contributed by atoms with Gasteiger partial charge in [0.15, 0.2) is 5.65 Å². The van der Waals surface area contributed by atoms with Crippen LogP contribution in [0.1, 0.15) is 30.3 Å². The number of pyridine rings is 1. The van der Waals surface area contributed by atoms with Crippen molar-refractivity contribution in [2.45, 2.75) is 32.4 Å². The lowest BCUT2D eigenvalue weighted by atomic mass is 10.1. The molecular formula is C26H26ClN7O2. The van der Waals surface area contributed by atoms with E-state index in [1.54, 1.807) is 11.0 Å². The van der Waals surface area contributed by atoms with Gasteiger partial charge in [0.2, 0.25) is 5.91 Å². The third-order valence-electron chi connectivity index (χ3n) is 6.27. The Morgan fingerprint density at radius 3 is 2.94 bits per heavy atom. The van der Waals surface area contributed by atoms with E-state index < -0.39 is 0 Å². The number of benzene rings is 1. The summed E-state index contributed by atoms with van der Waals surface area (Å²) in [6, 6.07) is 11.2. The fraction of sp³-hybridized carbons (Fsp3) is 0.269. The summed E-state index contributed by atoms with van der Waals surface area (Å²) >= 11 is 6.60. The average Bonchev–Trinajstić information content (AvgIpc) is 3.29. The Hall–Kier alpha value is -3.98. The summed E-state index contributed by atoms with van der Waals surface area (Å²) < 4.78 is 7.76. The van der Waals surface area contributed by atoms with E-state index in [0.29, 0.717) is 53.0 Å². The number of aryl methyl sites for hydroxylation is 1. The maximum atomic E-state index is 12.2. The molecule has 0 bridgehead atoms. The van der Waals surface area contributed by atoms with Gasteiger partial charge in [0, 0.05) is 24.3 Å². The second kappa shape index (κ2) is 9.94. The van der Waals surface area contributed by atoms with Gasteiger partial charge in [0.05, 0.1) is 22.1 Å². The Morgan fingerprint density at radius 1 is 1.31 bits per heavy atom. The topological polar surface area (TPSA) is 112 Å². The smallest absolute Gasteiger partial charge is 0.246 e. The predicted octanol–water partition coefficient (Wildman–Crippen LogP) is 4.36. The molecule has 1 fully saturated rings. The number of hydrogen-bond donors (Lipinski definition) is 1. The van der Waals surface area contributed by atoms with Crippen LogP contribution in [0.15, 0.2) is 55.4 Å². The zero-order chi connectivity index (χ0) is 25.2. The number of carbonyl (C=O) groups is 1. The monoisotopic (exact) mass is 503 g/mol. The van der Waals surface area contributed by atoms with Crippen LogP contribution in [0.5, 0.6) is 5.75 Å². The quantitative estimate of drug-likeness (QED) is 0.389. The minimum Gasteiger partial charge on any atom is -0.486 e. The highest BCUT2D eigenvalue weighted by Gasteiger charge is 2.28. The van der Waals surface area contributed by atoms with Crippen LogP contribution in [-0.4, -0.2) is 48.6 Å². The highest BCUT2D eigenvalue weighted by Crippen LogP contribution is 2.36. The fourth-order valence-corrected chi connectivity index (χ4v) is 4.77. The minimum absolute atomic E-state index is 0.0480. The summed E-state index contributed by atoms with van der Waals surface area (Å²) in [5, 5.41) is 5.99. The van der Waals surface area contributed by atoms with Gasteiger partial charge in [-0.05, 0) is 56.2 Å². The number of likely N-dealkylation sites (tertiary alicyclic amines) is 1. The molecule has 1 amide bonds. The van der Waals surface area contributed by atoms with E-state index in [4.69, 9.17) is 27.2 Å². The lowest BCUT2D eigenvalue weighted by Crippen LogP contribution is -2.40. The van der Waals surface area contributed by atoms with Crippen molar-refractivity contribution < 1.29 is 9.53 Å². The molecule has 2 N–H and O–H groups in total. The van der Waals surface area contributed by atoms with E-state index >= 15 is 0 Å². The minimum atomic E-state index is -0.0891. The van der Waals surface area contributed by atoms with E-state index in [2.05, 4.69) is 21.5 Å². The maximum absolute atomic E-state index is 12.2. The van der Waals surface area contributed by atoms with Crippen molar-refractivity contribution in [3.8, 4) is 17.0 Å². The fourth-order valence-electron chi connectivity index (χ4n) is 4.53. The van der Waals surface area contributed by atoms with Gasteiger partial charge >= 0.3 is 0 Å². The number of carbonyl (C=O) groups excluding carboxylic acids is 1. The first kappa shape index (κ1) is 23.7. The number of amides is 1. The van der Waals surface area contributed by atoms with Gasteiger partial charge in [-0.3, -0.25) is 9.78 Å². The molecule has 5 rings (SSSR count). The lowest BCUT2D eigenvalue weighted by molar-refractivity contribution is -0.127. The predicted molar refractivity (Wildman–Crippen MR) is 139 cm³/mol. The first-order chi connectivity index (χ1) is 17.4. The summed E-state index contributed by atoms with van der Waals surface area (Å²) in [7, 11) is 0. The van der Waals surface area contributed by atoms with E-state index in [9.17, 15) is 4.79 Å². The van der Waals surface area contributed by atoms with Crippen molar-refractivity contribution in [3.05, 3.63) is 71.8 Å². The van der Waals surface area contributed by atoms with Crippen LogP contribution in [0.4, 0.5) is 5.82 Å². The molecule has 4 heterocycles. The van der Waals surface area contributed by atoms with Crippen LogP contribution in [-0.2, 0) is 11.4 Å². The third-order valence-corrected chi connectivity index (χ3v) is 6.57. The standard InChI is InChI=1S/C26H26ClN7O2/c1-3-22(35)33-11-5-8-19(13-33)34-26-23(25(28)29-15-30-26)24(32-34)17-9-10-21(20(27)12-17)36-14-18-7-4-6-16(2)31-18/h3-4,6-7,9-10,12,15,19H,1,5,8,11,13-14H2,2H3,(H2,28,29,30)/t19-/m0/s1. The van der Waals surface area contributed by atoms with Gasteiger partial charge in [0.1, 0.15) is 30.2 Å². The average molecular weight is 504 g/mol. The van der Waals surface area contributed by atoms with Crippen LogP contribution < -0.4 is 10.5 Å². The first-order valence-electron chi connectivity index (χ1n) is 11.7. The molecule has 0 spiro atoms. The Labute approximate surface area is 213 Å². The molecule has 3 aromatic heterocycles. The second-order valence-electron chi connectivity index (χ2n) is 8.74. The SMILES string of the molecule is C=CC(=O)N1CCC[C@H](n2nc(-c3ccc(OCc4cccc(C)n4)c(Cl)c3)c3c(N)ncnc32)C1. The summed E-state index contributed by atoms with van der Waals surface area (Å²) in [6.45, 7) is 7.07. The first-order valence-corrected chi connectivity index (χ1v) is 12.1. The lowest BCUT2D eigenvalue weighted by Gasteiger charge is -2.32. The molecule has 1 aromatic carbocycles. The number of rotatable bonds is 6.